The van der Waals surface area contributed by atoms with Crippen LogP contribution in [-0.4, -0.2) is 29.4 Å². The van der Waals surface area contributed by atoms with Gasteiger partial charge in [-0.05, 0) is 25.0 Å². The summed E-state index contributed by atoms with van der Waals surface area (Å²) in [6, 6.07) is 5.22. The lowest BCUT2D eigenvalue weighted by atomic mass is 10.2. The van der Waals surface area contributed by atoms with Gasteiger partial charge in [-0.1, -0.05) is 12.1 Å². The van der Waals surface area contributed by atoms with Gasteiger partial charge in [-0.3, -0.25) is 4.21 Å². The average Bonchev–Trinajstić information content (AvgIpc) is 2.30. The van der Waals surface area contributed by atoms with Gasteiger partial charge in [-0.15, -0.1) is 0 Å². The maximum atomic E-state index is 11.9. The molecule has 3 nitrogen and oxygen atoms in total. The Morgan fingerprint density at radius 1 is 1.37 bits per heavy atom. The van der Waals surface area contributed by atoms with Gasteiger partial charge in [0.2, 0.25) is 0 Å². The molecule has 1 unspecified atom stereocenters. The summed E-state index contributed by atoms with van der Waals surface area (Å²) in [5.74, 6) is 0.228. The van der Waals surface area contributed by atoms with Crippen LogP contribution in [0.15, 0.2) is 23.1 Å². The second-order valence-corrected chi connectivity index (χ2v) is 5.60. The van der Waals surface area contributed by atoms with Crippen molar-refractivity contribution < 1.29 is 22.1 Å². The third-order valence-electron chi connectivity index (χ3n) is 2.41. The van der Waals surface area contributed by atoms with E-state index in [1.807, 2.05) is 13.0 Å². The number of halogens is 3. The molecule has 0 spiro atoms. The molecule has 0 aliphatic carbocycles. The molecule has 0 heterocycles. The van der Waals surface area contributed by atoms with Crippen molar-refractivity contribution in [2.75, 3.05) is 24.7 Å². The number of nitrogens with two attached hydrogens (primary N) is 1. The molecule has 1 aromatic rings. The SMILES string of the molecule is Cc1cccc(S(=O)CCCOCC(F)(F)F)c1N. The van der Waals surface area contributed by atoms with Crippen molar-refractivity contribution in [1.29, 1.82) is 0 Å². The first-order valence-corrected chi connectivity index (χ1v) is 7.01. The highest BCUT2D eigenvalue weighted by Crippen LogP contribution is 2.20. The first kappa shape index (κ1) is 16.0. The number of anilines is 1. The molecule has 108 valence electrons. The smallest absolute Gasteiger partial charge is 0.398 e. The van der Waals surface area contributed by atoms with Gasteiger partial charge in [0.25, 0.3) is 0 Å². The Balaban J connectivity index is 2.38. The van der Waals surface area contributed by atoms with E-state index in [1.54, 1.807) is 12.1 Å². The van der Waals surface area contributed by atoms with Crippen LogP contribution in [0, 0.1) is 6.92 Å². The highest BCUT2D eigenvalue weighted by Gasteiger charge is 2.27. The van der Waals surface area contributed by atoms with Gasteiger partial charge in [0.1, 0.15) is 6.61 Å². The Morgan fingerprint density at radius 2 is 2.05 bits per heavy atom. The standard InChI is InChI=1S/C12H16F3NO2S/c1-9-4-2-5-10(11(9)16)19(17)7-3-6-18-8-12(13,14)15/h2,4-5H,3,6-8,16H2,1H3. The minimum atomic E-state index is -4.32. The van der Waals surface area contributed by atoms with Crippen LogP contribution >= 0.6 is 0 Å². The van der Waals surface area contributed by atoms with Crippen molar-refractivity contribution in [2.24, 2.45) is 0 Å². The van der Waals surface area contributed by atoms with Gasteiger partial charge in [-0.25, -0.2) is 0 Å². The van der Waals surface area contributed by atoms with Crippen molar-refractivity contribution >= 4 is 16.5 Å². The topological polar surface area (TPSA) is 52.3 Å². The van der Waals surface area contributed by atoms with E-state index in [0.29, 0.717) is 10.6 Å². The molecule has 2 N–H and O–H groups in total. The number of para-hydroxylation sites is 1. The molecule has 0 saturated carbocycles. The highest BCUT2D eigenvalue weighted by atomic mass is 32.2. The van der Waals surface area contributed by atoms with Crippen molar-refractivity contribution in [1.82, 2.24) is 0 Å². The summed E-state index contributed by atoms with van der Waals surface area (Å²) in [4.78, 5) is 0.524. The summed E-state index contributed by atoms with van der Waals surface area (Å²) < 4.78 is 51.8. The molecule has 1 atom stereocenters. The van der Waals surface area contributed by atoms with Crippen molar-refractivity contribution in [3.63, 3.8) is 0 Å². The molecule has 1 rings (SSSR count). The third-order valence-corrected chi connectivity index (χ3v) is 3.92. The number of benzene rings is 1. The Hall–Kier alpha value is -1.08. The van der Waals surface area contributed by atoms with E-state index in [4.69, 9.17) is 5.73 Å². The fraction of sp³-hybridized carbons (Fsp3) is 0.500. The predicted molar refractivity (Wildman–Crippen MR) is 68.4 cm³/mol. The molecular formula is C12H16F3NO2S. The monoisotopic (exact) mass is 295 g/mol. The summed E-state index contributed by atoms with van der Waals surface area (Å²) >= 11 is 0. The number of aryl methyl sites for hydroxylation is 1. The summed E-state index contributed by atoms with van der Waals surface area (Å²) in [6.45, 7) is 0.464. The molecule has 19 heavy (non-hydrogen) atoms. The van der Waals surface area contributed by atoms with Crippen LogP contribution < -0.4 is 5.73 Å². The molecule has 0 radical (unpaired) electrons. The van der Waals surface area contributed by atoms with Gasteiger partial charge in [-0.2, -0.15) is 13.2 Å². The molecule has 7 heteroatoms. The lowest BCUT2D eigenvalue weighted by Crippen LogP contribution is -2.18. The summed E-state index contributed by atoms with van der Waals surface area (Å²) in [7, 11) is -1.32. The van der Waals surface area contributed by atoms with Crippen LogP contribution in [-0.2, 0) is 15.5 Å². The van der Waals surface area contributed by atoms with Crippen LogP contribution in [0.2, 0.25) is 0 Å². The molecule has 0 bridgehead atoms. The second-order valence-electron chi connectivity index (χ2n) is 4.06. The van der Waals surface area contributed by atoms with Crippen LogP contribution in [0.25, 0.3) is 0 Å². The second kappa shape index (κ2) is 6.91. The number of nitrogen functional groups attached to an aromatic ring is 1. The van der Waals surface area contributed by atoms with E-state index in [0.717, 1.165) is 5.56 Å². The summed E-state index contributed by atoms with van der Waals surface area (Å²) in [5, 5.41) is 0. The molecular weight excluding hydrogens is 279 g/mol. The zero-order valence-corrected chi connectivity index (χ0v) is 11.3. The molecule has 0 aliphatic heterocycles. The van der Waals surface area contributed by atoms with E-state index in [1.165, 1.54) is 0 Å². The molecule has 0 aromatic heterocycles. The van der Waals surface area contributed by atoms with Crippen LogP contribution in [0.5, 0.6) is 0 Å². The molecule has 0 aliphatic rings. The lowest BCUT2D eigenvalue weighted by Gasteiger charge is -2.09. The lowest BCUT2D eigenvalue weighted by molar-refractivity contribution is -0.173. The number of rotatable bonds is 6. The molecule has 1 aromatic carbocycles. The van der Waals surface area contributed by atoms with Gasteiger partial charge in [0, 0.05) is 12.4 Å². The number of ether oxygens (including phenoxy) is 1. The van der Waals surface area contributed by atoms with Crippen molar-refractivity contribution in [2.45, 2.75) is 24.4 Å². The van der Waals surface area contributed by atoms with Gasteiger partial charge in [0.15, 0.2) is 0 Å². The molecule has 0 saturated heterocycles. The summed E-state index contributed by atoms with van der Waals surface area (Å²) in [5.41, 5.74) is 7.10. The number of hydrogen-bond donors (Lipinski definition) is 1. The Labute approximate surface area is 112 Å². The van der Waals surface area contributed by atoms with Gasteiger partial charge in [0.05, 0.1) is 21.4 Å². The van der Waals surface area contributed by atoms with Gasteiger partial charge < -0.3 is 10.5 Å². The quantitative estimate of drug-likeness (QED) is 0.648. The van der Waals surface area contributed by atoms with E-state index >= 15 is 0 Å². The number of alkyl halides is 3. The van der Waals surface area contributed by atoms with E-state index in [9.17, 15) is 17.4 Å². The van der Waals surface area contributed by atoms with Crippen molar-refractivity contribution in [3.05, 3.63) is 23.8 Å². The zero-order chi connectivity index (χ0) is 14.5. The van der Waals surface area contributed by atoms with E-state index < -0.39 is 23.6 Å². The Bertz CT molecular complexity index is 449. The van der Waals surface area contributed by atoms with Gasteiger partial charge >= 0.3 is 6.18 Å². The molecule has 0 fully saturated rings. The zero-order valence-electron chi connectivity index (χ0n) is 10.5. The minimum absolute atomic E-state index is 0.0724. The van der Waals surface area contributed by atoms with Crippen LogP contribution in [0.4, 0.5) is 18.9 Å². The average molecular weight is 295 g/mol. The fourth-order valence-electron chi connectivity index (χ4n) is 1.44. The maximum Gasteiger partial charge on any atom is 0.411 e. The van der Waals surface area contributed by atoms with E-state index in [-0.39, 0.29) is 18.8 Å². The van der Waals surface area contributed by atoms with Crippen molar-refractivity contribution in [3.8, 4) is 0 Å². The molecule has 0 amide bonds. The number of hydrogen-bond acceptors (Lipinski definition) is 3. The van der Waals surface area contributed by atoms with E-state index in [2.05, 4.69) is 4.74 Å². The third kappa shape index (κ3) is 5.61. The maximum absolute atomic E-state index is 11.9. The first-order valence-electron chi connectivity index (χ1n) is 5.69. The fourth-order valence-corrected chi connectivity index (χ4v) is 2.68. The summed E-state index contributed by atoms with van der Waals surface area (Å²) in [6.07, 6.45) is -4.03. The highest BCUT2D eigenvalue weighted by molar-refractivity contribution is 7.85. The Morgan fingerprint density at radius 3 is 2.68 bits per heavy atom. The largest absolute Gasteiger partial charge is 0.411 e. The first-order chi connectivity index (χ1) is 8.81. The minimum Gasteiger partial charge on any atom is -0.398 e. The normalized spacial score (nSPS) is 13.5. The Kier molecular flexibility index (Phi) is 5.81. The van der Waals surface area contributed by atoms with Crippen LogP contribution in [0.3, 0.4) is 0 Å². The predicted octanol–water partition coefficient (Wildman–Crippen LogP) is 2.65. The van der Waals surface area contributed by atoms with Crippen LogP contribution in [0.1, 0.15) is 12.0 Å².